The first-order chi connectivity index (χ1) is 12.7. The fraction of sp³-hybridized carbons (Fsp3) is 0.174. The van der Waals surface area contributed by atoms with E-state index in [4.69, 9.17) is 0 Å². The van der Waals surface area contributed by atoms with Gasteiger partial charge in [0.2, 0.25) is 0 Å². The van der Waals surface area contributed by atoms with Crippen molar-refractivity contribution in [1.29, 1.82) is 0 Å². The van der Waals surface area contributed by atoms with E-state index in [1.807, 2.05) is 24.3 Å². The predicted octanol–water partition coefficient (Wildman–Crippen LogP) is 4.86. The Kier molecular flexibility index (Phi) is 3.35. The van der Waals surface area contributed by atoms with Gasteiger partial charge in [-0.2, -0.15) is 0 Å². The van der Waals surface area contributed by atoms with E-state index in [-0.39, 0.29) is 12.0 Å². The zero-order chi connectivity index (χ0) is 17.7. The van der Waals surface area contributed by atoms with E-state index >= 15 is 0 Å². The summed E-state index contributed by atoms with van der Waals surface area (Å²) in [5.74, 6) is -0.274. The van der Waals surface area contributed by atoms with E-state index in [9.17, 15) is 9.90 Å². The number of carbonyl (C=O) groups is 1. The van der Waals surface area contributed by atoms with Crippen LogP contribution in [0.3, 0.4) is 0 Å². The van der Waals surface area contributed by atoms with Crippen LogP contribution in [-0.4, -0.2) is 11.1 Å². The van der Waals surface area contributed by atoms with E-state index in [1.165, 1.54) is 16.7 Å². The van der Waals surface area contributed by atoms with Crippen molar-refractivity contribution in [2.75, 3.05) is 5.32 Å². The van der Waals surface area contributed by atoms with E-state index in [0.717, 1.165) is 17.7 Å². The van der Waals surface area contributed by atoms with Crippen LogP contribution >= 0.6 is 0 Å². The van der Waals surface area contributed by atoms with Crippen LogP contribution in [0.25, 0.3) is 0 Å². The number of rotatable bonds is 2. The summed E-state index contributed by atoms with van der Waals surface area (Å²) >= 11 is 0. The van der Waals surface area contributed by atoms with Crippen molar-refractivity contribution in [3.05, 3.63) is 101 Å². The highest BCUT2D eigenvalue weighted by atomic mass is 16.4. The largest absolute Gasteiger partial charge is 0.478 e. The topological polar surface area (TPSA) is 49.3 Å². The maximum atomic E-state index is 11.8. The Morgan fingerprint density at radius 3 is 2.42 bits per heavy atom. The highest BCUT2D eigenvalue weighted by Gasteiger charge is 2.44. The highest BCUT2D eigenvalue weighted by molar-refractivity contribution is 5.96. The van der Waals surface area contributed by atoms with E-state index in [0.29, 0.717) is 11.5 Å². The number of para-hydroxylation sites is 1. The van der Waals surface area contributed by atoms with Crippen LogP contribution in [0, 0.1) is 5.92 Å². The molecule has 3 atom stereocenters. The molecule has 128 valence electrons. The molecule has 2 aliphatic rings. The summed E-state index contributed by atoms with van der Waals surface area (Å²) in [6.07, 6.45) is 1.00. The first-order valence-corrected chi connectivity index (χ1v) is 8.99. The van der Waals surface area contributed by atoms with Gasteiger partial charge in [-0.05, 0) is 40.7 Å². The average molecular weight is 341 g/mol. The molecule has 2 N–H and O–H groups in total. The molecular weight excluding hydrogens is 322 g/mol. The zero-order valence-corrected chi connectivity index (χ0v) is 14.2. The molecule has 3 aromatic carbocycles. The molecule has 0 saturated carbocycles. The van der Waals surface area contributed by atoms with Crippen molar-refractivity contribution < 1.29 is 9.90 Å². The van der Waals surface area contributed by atoms with Crippen LogP contribution in [0.1, 0.15) is 44.6 Å². The van der Waals surface area contributed by atoms with Gasteiger partial charge in [-0.3, -0.25) is 0 Å². The number of carboxylic acids is 1. The molecule has 0 bridgehead atoms. The molecule has 26 heavy (non-hydrogen) atoms. The van der Waals surface area contributed by atoms with Gasteiger partial charge in [0.05, 0.1) is 17.3 Å². The minimum absolute atomic E-state index is 0.0987. The monoisotopic (exact) mass is 341 g/mol. The number of benzene rings is 3. The second-order valence-electron chi connectivity index (χ2n) is 7.15. The summed E-state index contributed by atoms with van der Waals surface area (Å²) < 4.78 is 0. The number of fused-ring (bicyclic) bond motifs is 5. The molecule has 1 aliphatic heterocycles. The van der Waals surface area contributed by atoms with Crippen molar-refractivity contribution in [3.63, 3.8) is 0 Å². The summed E-state index contributed by atoms with van der Waals surface area (Å²) in [7, 11) is 0. The van der Waals surface area contributed by atoms with Crippen molar-refractivity contribution in [2.45, 2.75) is 18.4 Å². The summed E-state index contributed by atoms with van der Waals surface area (Å²) in [5.41, 5.74) is 6.15. The van der Waals surface area contributed by atoms with Crippen LogP contribution in [0.4, 0.5) is 5.69 Å². The molecule has 1 aliphatic carbocycles. The standard InChI is InChI=1S/C23H19NO2/c25-23(26)18-12-6-11-17-20-16-10-5-4-9-15(16)13-19(20)21(24-22(17)18)14-7-2-1-3-8-14/h1-12,19-21,24H,13H2,(H,25,26)/t19-,20+,21+/m0/s1. The van der Waals surface area contributed by atoms with Crippen molar-refractivity contribution >= 4 is 11.7 Å². The van der Waals surface area contributed by atoms with Crippen LogP contribution in [0.5, 0.6) is 0 Å². The third-order valence-corrected chi connectivity index (χ3v) is 5.82. The van der Waals surface area contributed by atoms with Gasteiger partial charge < -0.3 is 10.4 Å². The number of aromatic carboxylic acids is 1. The molecule has 0 fully saturated rings. The average Bonchev–Trinajstić information content (AvgIpc) is 3.07. The molecule has 3 nitrogen and oxygen atoms in total. The molecule has 0 radical (unpaired) electrons. The van der Waals surface area contributed by atoms with Crippen LogP contribution in [-0.2, 0) is 6.42 Å². The summed E-state index contributed by atoms with van der Waals surface area (Å²) in [5, 5.41) is 13.3. The summed E-state index contributed by atoms with van der Waals surface area (Å²) in [6.45, 7) is 0. The van der Waals surface area contributed by atoms with Gasteiger partial charge >= 0.3 is 5.97 Å². The summed E-state index contributed by atoms with van der Waals surface area (Å²) in [6, 6.07) is 24.7. The van der Waals surface area contributed by atoms with Gasteiger partial charge in [-0.15, -0.1) is 0 Å². The van der Waals surface area contributed by atoms with Crippen LogP contribution in [0.15, 0.2) is 72.8 Å². The Hall–Kier alpha value is -3.07. The normalized spacial score (nSPS) is 22.7. The predicted molar refractivity (Wildman–Crippen MR) is 102 cm³/mol. The van der Waals surface area contributed by atoms with Gasteiger partial charge in [-0.1, -0.05) is 66.7 Å². The Balaban J connectivity index is 1.74. The van der Waals surface area contributed by atoms with Gasteiger partial charge in [0, 0.05) is 5.92 Å². The minimum atomic E-state index is -0.883. The minimum Gasteiger partial charge on any atom is -0.478 e. The van der Waals surface area contributed by atoms with Gasteiger partial charge in [0.15, 0.2) is 0 Å². The molecule has 0 aromatic heterocycles. The third kappa shape index (κ3) is 2.17. The van der Waals surface area contributed by atoms with Crippen molar-refractivity contribution in [1.82, 2.24) is 0 Å². The Morgan fingerprint density at radius 2 is 1.62 bits per heavy atom. The number of nitrogens with one attached hydrogen (secondary N) is 1. The molecule has 3 heteroatoms. The first kappa shape index (κ1) is 15.2. The van der Waals surface area contributed by atoms with Crippen LogP contribution < -0.4 is 5.32 Å². The molecule has 5 rings (SSSR count). The first-order valence-electron chi connectivity index (χ1n) is 8.99. The Morgan fingerprint density at radius 1 is 0.885 bits per heavy atom. The van der Waals surface area contributed by atoms with Crippen molar-refractivity contribution in [2.24, 2.45) is 5.92 Å². The Bertz CT molecular complexity index is 996. The maximum Gasteiger partial charge on any atom is 0.337 e. The Labute approximate surface area is 152 Å². The van der Waals surface area contributed by atoms with Gasteiger partial charge in [-0.25, -0.2) is 4.79 Å². The molecule has 0 spiro atoms. The highest BCUT2D eigenvalue weighted by Crippen LogP contribution is 2.54. The number of carboxylic acid groups (broad SMARTS) is 1. The third-order valence-electron chi connectivity index (χ3n) is 5.82. The lowest BCUT2D eigenvalue weighted by Gasteiger charge is -2.38. The van der Waals surface area contributed by atoms with E-state index < -0.39 is 5.97 Å². The quantitative estimate of drug-likeness (QED) is 0.700. The molecule has 3 aromatic rings. The van der Waals surface area contributed by atoms with Gasteiger partial charge in [0.1, 0.15) is 0 Å². The molecular formula is C23H19NO2. The maximum absolute atomic E-state index is 11.8. The number of hydrogen-bond donors (Lipinski definition) is 2. The zero-order valence-electron chi connectivity index (χ0n) is 14.2. The fourth-order valence-electron chi connectivity index (χ4n) is 4.76. The molecule has 0 amide bonds. The lowest BCUT2D eigenvalue weighted by molar-refractivity contribution is 0.0697. The summed E-state index contributed by atoms with van der Waals surface area (Å²) in [4.78, 5) is 11.8. The van der Waals surface area contributed by atoms with E-state index in [2.05, 4.69) is 47.8 Å². The van der Waals surface area contributed by atoms with E-state index in [1.54, 1.807) is 6.07 Å². The molecule has 1 heterocycles. The lowest BCUT2D eigenvalue weighted by atomic mass is 9.75. The lowest BCUT2D eigenvalue weighted by Crippen LogP contribution is -2.31. The smallest absolute Gasteiger partial charge is 0.337 e. The SMILES string of the molecule is O=C(O)c1cccc2c1N[C@H](c1ccccc1)[C@H]1Cc3ccccc3[C@H]21. The molecule has 0 saturated heterocycles. The second-order valence-corrected chi connectivity index (χ2v) is 7.15. The fourth-order valence-corrected chi connectivity index (χ4v) is 4.76. The molecule has 0 unspecified atom stereocenters. The number of anilines is 1. The van der Waals surface area contributed by atoms with Gasteiger partial charge in [0.25, 0.3) is 0 Å². The van der Waals surface area contributed by atoms with Crippen LogP contribution in [0.2, 0.25) is 0 Å². The number of hydrogen-bond acceptors (Lipinski definition) is 2. The van der Waals surface area contributed by atoms with Crippen molar-refractivity contribution in [3.8, 4) is 0 Å². The second kappa shape index (κ2) is 5.73.